The van der Waals surface area contributed by atoms with Crippen molar-refractivity contribution in [2.75, 3.05) is 0 Å². The summed E-state index contributed by atoms with van der Waals surface area (Å²) in [6.07, 6.45) is 7.28. The third-order valence-electron chi connectivity index (χ3n) is 2.92. The molecule has 2 unspecified atom stereocenters. The molecule has 0 bridgehead atoms. The summed E-state index contributed by atoms with van der Waals surface area (Å²) >= 11 is 7.49. The molecule has 0 saturated heterocycles. The first-order valence-corrected chi connectivity index (χ1v) is 14.6. The standard InChI is InChI=1S/C7H8N3P.C6H5BrN3P.CH4.I2/c1-5-4-8-7-6(9-5)2-3-10(7)11;7-5-3-8-6-4(9-5)1-2-10(6)11;;1-2/h2-4H,11H2,1H3;1-3H,11H2;1H4;. The van der Waals surface area contributed by atoms with Gasteiger partial charge in [0.05, 0.1) is 18.1 Å². The molecule has 2 atom stereocenters. The van der Waals surface area contributed by atoms with Crippen LogP contribution < -0.4 is 0 Å². The second-order valence-electron chi connectivity index (χ2n) is 4.57. The van der Waals surface area contributed by atoms with Gasteiger partial charge in [-0.25, -0.2) is 19.9 Å². The van der Waals surface area contributed by atoms with E-state index in [2.05, 4.69) is 91.9 Å². The van der Waals surface area contributed by atoms with Crippen LogP contribution in [0, 0.1) is 6.92 Å². The minimum atomic E-state index is 0. The molecular formula is C14H17BrI2N6P2. The van der Waals surface area contributed by atoms with Gasteiger partial charge in [-0.1, -0.05) is 7.43 Å². The van der Waals surface area contributed by atoms with E-state index >= 15 is 0 Å². The number of aryl methyl sites for hydroxylation is 1. The highest BCUT2D eigenvalue weighted by Crippen LogP contribution is 2.15. The lowest BCUT2D eigenvalue weighted by atomic mass is 10.4. The molecule has 11 heteroatoms. The predicted octanol–water partition coefficient (Wildman–Crippen LogP) is 5.62. The number of rotatable bonds is 0. The fraction of sp³-hybridized carbons (Fsp3) is 0.143. The number of hydrogen-bond donors (Lipinski definition) is 0. The van der Waals surface area contributed by atoms with Gasteiger partial charge in [-0.3, -0.25) is 0 Å². The normalized spacial score (nSPS) is 9.68. The first-order valence-electron chi connectivity index (χ1n) is 6.49. The highest BCUT2D eigenvalue weighted by molar-refractivity contribution is 15.0. The third-order valence-corrected chi connectivity index (χ3v) is 4.14. The number of aromatic nitrogens is 6. The monoisotopic (exact) mass is 664 g/mol. The Morgan fingerprint density at radius 2 is 1.40 bits per heavy atom. The van der Waals surface area contributed by atoms with Crippen LogP contribution in [0.5, 0.6) is 0 Å². The first-order chi connectivity index (χ1) is 11.5. The van der Waals surface area contributed by atoms with Gasteiger partial charge in [0.1, 0.15) is 15.6 Å². The minimum absolute atomic E-state index is 0. The van der Waals surface area contributed by atoms with Crippen molar-refractivity contribution in [2.24, 2.45) is 0 Å². The molecule has 134 valence electrons. The van der Waals surface area contributed by atoms with E-state index in [1.807, 2.05) is 40.1 Å². The van der Waals surface area contributed by atoms with Crippen LogP contribution in [0.15, 0.2) is 41.5 Å². The second kappa shape index (κ2) is 11.0. The van der Waals surface area contributed by atoms with E-state index in [4.69, 9.17) is 0 Å². The average Bonchev–Trinajstić information content (AvgIpc) is 3.13. The van der Waals surface area contributed by atoms with E-state index in [9.17, 15) is 0 Å². The van der Waals surface area contributed by atoms with E-state index < -0.39 is 0 Å². The zero-order valence-corrected chi connectivity index (χ0v) is 20.6. The largest absolute Gasteiger partial charge is 0.316 e. The highest BCUT2D eigenvalue weighted by Gasteiger charge is 2.00. The summed E-state index contributed by atoms with van der Waals surface area (Å²) < 4.78 is 4.50. The first kappa shape index (κ1) is 23.1. The molecule has 0 amide bonds. The summed E-state index contributed by atoms with van der Waals surface area (Å²) in [4.78, 5) is 16.9. The van der Waals surface area contributed by atoms with Gasteiger partial charge in [0.25, 0.3) is 0 Å². The molecule has 0 aliphatic carbocycles. The Morgan fingerprint density at radius 3 is 1.96 bits per heavy atom. The Labute approximate surface area is 183 Å². The van der Waals surface area contributed by atoms with Crippen LogP contribution in [0.25, 0.3) is 22.3 Å². The molecule has 0 radical (unpaired) electrons. The molecule has 4 rings (SSSR count). The summed E-state index contributed by atoms with van der Waals surface area (Å²) in [7, 11) is 5.11. The van der Waals surface area contributed by atoms with E-state index in [1.54, 1.807) is 12.4 Å². The molecule has 6 nitrogen and oxygen atoms in total. The van der Waals surface area contributed by atoms with Crippen molar-refractivity contribution in [3.05, 3.63) is 47.2 Å². The lowest BCUT2D eigenvalue weighted by molar-refractivity contribution is 1.16. The van der Waals surface area contributed by atoms with Gasteiger partial charge in [-0.15, -0.1) is 0 Å². The molecular weight excluding hydrogens is 648 g/mol. The second-order valence-corrected chi connectivity index (χ2v) is 6.49. The van der Waals surface area contributed by atoms with Gasteiger partial charge < -0.3 is 8.68 Å². The topological polar surface area (TPSA) is 61.4 Å². The maximum absolute atomic E-state index is 4.30. The summed E-state index contributed by atoms with van der Waals surface area (Å²) in [5, 5.41) is 0. The van der Waals surface area contributed by atoms with Gasteiger partial charge in [0, 0.05) is 49.6 Å². The summed E-state index contributed by atoms with van der Waals surface area (Å²) in [6, 6.07) is 3.86. The Hall–Kier alpha value is 0.0400. The zero-order chi connectivity index (χ0) is 17.7. The van der Waals surface area contributed by atoms with Crippen LogP contribution in [0.2, 0.25) is 0 Å². The van der Waals surface area contributed by atoms with Gasteiger partial charge in [-0.2, -0.15) is 0 Å². The molecule has 0 N–H and O–H groups in total. The maximum atomic E-state index is 4.30. The molecule has 0 aliphatic heterocycles. The van der Waals surface area contributed by atoms with Crippen LogP contribution >= 0.6 is 71.9 Å². The van der Waals surface area contributed by atoms with Crippen LogP contribution in [-0.2, 0) is 0 Å². The molecule has 0 aromatic carbocycles. The number of fused-ring (bicyclic) bond motifs is 2. The molecule has 4 aromatic rings. The van der Waals surface area contributed by atoms with E-state index in [0.717, 1.165) is 32.6 Å². The van der Waals surface area contributed by atoms with Gasteiger partial charge in [0.2, 0.25) is 0 Å². The van der Waals surface area contributed by atoms with Crippen molar-refractivity contribution < 1.29 is 0 Å². The Bertz CT molecular complexity index is 881. The number of halogens is 3. The van der Waals surface area contributed by atoms with E-state index in [0.29, 0.717) is 0 Å². The lowest BCUT2D eigenvalue weighted by Gasteiger charge is -1.93. The quantitative estimate of drug-likeness (QED) is 0.181. The third kappa shape index (κ3) is 6.02. The maximum Gasteiger partial charge on any atom is 0.161 e. The molecule has 0 spiro atoms. The smallest absolute Gasteiger partial charge is 0.161 e. The van der Waals surface area contributed by atoms with Gasteiger partial charge >= 0.3 is 0 Å². The van der Waals surface area contributed by atoms with Gasteiger partial charge in [-0.05, 0) is 53.8 Å². The van der Waals surface area contributed by atoms with E-state index in [-0.39, 0.29) is 7.43 Å². The van der Waals surface area contributed by atoms with Crippen molar-refractivity contribution in [1.29, 1.82) is 0 Å². The molecule has 25 heavy (non-hydrogen) atoms. The molecule has 0 saturated carbocycles. The predicted molar refractivity (Wildman–Crippen MR) is 132 cm³/mol. The van der Waals surface area contributed by atoms with E-state index in [1.165, 1.54) is 0 Å². The van der Waals surface area contributed by atoms with Crippen molar-refractivity contribution in [1.82, 2.24) is 28.6 Å². The Kier molecular flexibility index (Phi) is 10.2. The summed E-state index contributed by atoms with van der Waals surface area (Å²) in [5.41, 5.74) is 4.57. The van der Waals surface area contributed by atoms with Crippen molar-refractivity contribution in [3.8, 4) is 0 Å². The molecule has 4 aromatic heterocycles. The van der Waals surface area contributed by atoms with Crippen molar-refractivity contribution in [3.63, 3.8) is 0 Å². The number of nitrogens with zero attached hydrogens (tertiary/aromatic N) is 6. The summed E-state index contributed by atoms with van der Waals surface area (Å²) in [5.74, 6) is 0. The molecule has 0 fully saturated rings. The average molecular weight is 665 g/mol. The van der Waals surface area contributed by atoms with Crippen molar-refractivity contribution >= 4 is 94.3 Å². The van der Waals surface area contributed by atoms with Crippen molar-refractivity contribution in [2.45, 2.75) is 14.4 Å². The van der Waals surface area contributed by atoms with Gasteiger partial charge in [0.15, 0.2) is 11.3 Å². The molecule has 0 aliphatic rings. The van der Waals surface area contributed by atoms with Crippen LogP contribution in [-0.4, -0.2) is 28.6 Å². The fourth-order valence-electron chi connectivity index (χ4n) is 1.93. The fourth-order valence-corrected chi connectivity index (χ4v) is 2.79. The minimum Gasteiger partial charge on any atom is -0.316 e. The summed E-state index contributed by atoms with van der Waals surface area (Å²) in [6.45, 7) is 1.94. The Balaban J connectivity index is 0.000000220. The zero-order valence-electron chi connectivity index (χ0n) is 12.4. The lowest BCUT2D eigenvalue weighted by Crippen LogP contribution is -1.86. The highest BCUT2D eigenvalue weighted by atomic mass is 128. The number of hydrogen-bond acceptors (Lipinski definition) is 4. The van der Waals surface area contributed by atoms with Crippen LogP contribution in [0.4, 0.5) is 0 Å². The Morgan fingerprint density at radius 1 is 0.920 bits per heavy atom. The molecule has 4 heterocycles. The van der Waals surface area contributed by atoms with Crippen LogP contribution in [0.3, 0.4) is 0 Å². The van der Waals surface area contributed by atoms with Crippen LogP contribution in [0.1, 0.15) is 13.1 Å². The SMILES string of the molecule is C.Cc1cnc2c(ccn2P)n1.II.Pn1ccc2nc(Br)cnc21.